The molecule has 78 valence electrons. The van der Waals surface area contributed by atoms with Gasteiger partial charge in [0, 0.05) is 11.3 Å². The Morgan fingerprint density at radius 2 is 1.86 bits per heavy atom. The molecule has 2 unspecified atom stereocenters. The number of hydrogen-bond acceptors (Lipinski definition) is 4. The minimum absolute atomic E-state index is 0.0239. The van der Waals surface area contributed by atoms with Gasteiger partial charge in [0.05, 0.1) is 0 Å². The topological polar surface area (TPSA) is 65.2 Å². The van der Waals surface area contributed by atoms with E-state index in [1.165, 1.54) is 0 Å². The second-order valence-electron chi connectivity index (χ2n) is 5.08. The lowest BCUT2D eigenvalue weighted by atomic mass is 9.70. The van der Waals surface area contributed by atoms with Gasteiger partial charge in [0.15, 0.2) is 0 Å². The molecule has 2 saturated carbocycles. The highest BCUT2D eigenvalue weighted by Crippen LogP contribution is 2.62. The second-order valence-corrected chi connectivity index (χ2v) is 5.08. The smallest absolute Gasteiger partial charge is 0.111 e. The summed E-state index contributed by atoms with van der Waals surface area (Å²) in [4.78, 5) is 0. The van der Waals surface area contributed by atoms with Crippen LogP contribution in [-0.4, -0.2) is 21.8 Å². The van der Waals surface area contributed by atoms with Crippen LogP contribution >= 0.6 is 0 Å². The molecule has 14 heavy (non-hydrogen) atoms. The van der Waals surface area contributed by atoms with Crippen LogP contribution in [0.5, 0.6) is 0 Å². The predicted octanol–water partition coefficient (Wildman–Crippen LogP) is 2.10. The molecule has 0 spiro atoms. The van der Waals surface area contributed by atoms with E-state index in [4.69, 9.17) is 10.4 Å². The van der Waals surface area contributed by atoms with Gasteiger partial charge in [-0.3, -0.25) is 0 Å². The quantitative estimate of drug-likeness (QED) is 0.460. The third-order valence-electron chi connectivity index (χ3n) is 4.53. The van der Waals surface area contributed by atoms with Crippen LogP contribution in [0.25, 0.3) is 0 Å². The predicted molar refractivity (Wildman–Crippen MR) is 53.1 cm³/mol. The number of fused-ring (bicyclic) bond motifs is 2. The summed E-state index contributed by atoms with van der Waals surface area (Å²) in [5.74, 6) is 0.225. The molecule has 2 fully saturated rings. The SMILES string of the molecule is CC12CCC(C(=N\O)/C1=N/O)C2(C)C. The van der Waals surface area contributed by atoms with Gasteiger partial charge in [-0.1, -0.05) is 31.1 Å². The molecular formula is C10H16N2O2. The van der Waals surface area contributed by atoms with Crippen molar-refractivity contribution in [3.8, 4) is 0 Å². The number of rotatable bonds is 0. The fourth-order valence-corrected chi connectivity index (χ4v) is 3.13. The number of nitrogens with zero attached hydrogens (tertiary/aromatic N) is 2. The maximum Gasteiger partial charge on any atom is 0.111 e. The van der Waals surface area contributed by atoms with E-state index < -0.39 is 0 Å². The highest BCUT2D eigenvalue weighted by molar-refractivity contribution is 6.47. The Bertz CT molecular complexity index is 333. The molecule has 0 aliphatic heterocycles. The van der Waals surface area contributed by atoms with Crippen molar-refractivity contribution in [2.75, 3.05) is 0 Å². The largest absolute Gasteiger partial charge is 0.411 e. The van der Waals surface area contributed by atoms with E-state index >= 15 is 0 Å². The summed E-state index contributed by atoms with van der Waals surface area (Å²) < 4.78 is 0. The normalized spacial score (nSPS) is 45.2. The van der Waals surface area contributed by atoms with Crippen molar-refractivity contribution >= 4 is 11.4 Å². The van der Waals surface area contributed by atoms with Crippen molar-refractivity contribution in [1.82, 2.24) is 0 Å². The van der Waals surface area contributed by atoms with E-state index in [9.17, 15) is 0 Å². The lowest BCUT2D eigenvalue weighted by molar-refractivity contribution is 0.200. The molecule has 0 aromatic rings. The summed E-state index contributed by atoms with van der Waals surface area (Å²) in [5, 5.41) is 24.5. The first kappa shape index (κ1) is 9.49. The molecule has 2 N–H and O–H groups in total. The van der Waals surface area contributed by atoms with E-state index in [1.54, 1.807) is 0 Å². The Hall–Kier alpha value is -1.06. The van der Waals surface area contributed by atoms with Gasteiger partial charge in [0.25, 0.3) is 0 Å². The average molecular weight is 196 g/mol. The monoisotopic (exact) mass is 196 g/mol. The van der Waals surface area contributed by atoms with E-state index in [-0.39, 0.29) is 16.7 Å². The third kappa shape index (κ3) is 0.751. The molecule has 0 saturated heterocycles. The van der Waals surface area contributed by atoms with E-state index in [1.807, 2.05) is 0 Å². The molecule has 0 amide bonds. The first-order valence-corrected chi connectivity index (χ1v) is 4.94. The van der Waals surface area contributed by atoms with Crippen molar-refractivity contribution in [2.24, 2.45) is 27.1 Å². The molecule has 0 radical (unpaired) electrons. The molecule has 2 aliphatic rings. The Labute approximate surface area is 83.3 Å². The lowest BCUT2D eigenvalue weighted by Gasteiger charge is -2.32. The van der Waals surface area contributed by atoms with Crippen LogP contribution in [0.15, 0.2) is 10.3 Å². The standard InChI is InChI=1S/C10H16N2O2/c1-9(2)6-4-5-10(9,3)8(12-14)7(6)11-13/h6,13-14H,4-5H2,1-3H3/b11-7+,12-8-. The maximum absolute atomic E-state index is 8.98. The number of oxime groups is 2. The number of hydrogen-bond donors (Lipinski definition) is 2. The van der Waals surface area contributed by atoms with Crippen LogP contribution in [0.4, 0.5) is 0 Å². The molecular weight excluding hydrogens is 180 g/mol. The van der Waals surface area contributed by atoms with Gasteiger partial charge in [-0.05, 0) is 18.3 Å². The molecule has 4 heteroatoms. The summed E-state index contributed by atoms with van der Waals surface area (Å²) in [6, 6.07) is 0. The van der Waals surface area contributed by atoms with Crippen molar-refractivity contribution in [3.63, 3.8) is 0 Å². The zero-order valence-electron chi connectivity index (χ0n) is 8.78. The van der Waals surface area contributed by atoms with E-state index in [0.717, 1.165) is 12.8 Å². The van der Waals surface area contributed by atoms with Crippen LogP contribution in [0, 0.1) is 16.7 Å². The molecule has 2 atom stereocenters. The molecule has 2 rings (SSSR count). The first-order chi connectivity index (χ1) is 6.49. The Kier molecular flexibility index (Phi) is 1.69. The van der Waals surface area contributed by atoms with Gasteiger partial charge < -0.3 is 10.4 Å². The van der Waals surface area contributed by atoms with Gasteiger partial charge in [0.1, 0.15) is 11.4 Å². The average Bonchev–Trinajstić information content (AvgIpc) is 2.46. The third-order valence-corrected chi connectivity index (χ3v) is 4.53. The van der Waals surface area contributed by atoms with Gasteiger partial charge in [-0.2, -0.15) is 0 Å². The zero-order valence-corrected chi connectivity index (χ0v) is 8.78. The van der Waals surface area contributed by atoms with Crippen molar-refractivity contribution in [2.45, 2.75) is 33.6 Å². The van der Waals surface area contributed by atoms with Crippen LogP contribution in [0.1, 0.15) is 33.6 Å². The van der Waals surface area contributed by atoms with Gasteiger partial charge >= 0.3 is 0 Å². The van der Waals surface area contributed by atoms with Crippen molar-refractivity contribution < 1.29 is 10.4 Å². The molecule has 2 aliphatic carbocycles. The highest BCUT2D eigenvalue weighted by Gasteiger charge is 2.64. The van der Waals surface area contributed by atoms with Crippen molar-refractivity contribution in [1.29, 1.82) is 0 Å². The Balaban J connectivity index is 2.60. The Morgan fingerprint density at radius 3 is 2.29 bits per heavy atom. The lowest BCUT2D eigenvalue weighted by Crippen LogP contribution is -2.33. The summed E-state index contributed by atoms with van der Waals surface area (Å²) in [6.07, 6.45) is 2.02. The highest BCUT2D eigenvalue weighted by atomic mass is 16.4. The molecule has 4 nitrogen and oxygen atoms in total. The van der Waals surface area contributed by atoms with E-state index in [2.05, 4.69) is 31.1 Å². The molecule has 0 heterocycles. The second kappa shape index (κ2) is 2.49. The van der Waals surface area contributed by atoms with Crippen molar-refractivity contribution in [3.05, 3.63) is 0 Å². The van der Waals surface area contributed by atoms with Gasteiger partial charge in [-0.25, -0.2) is 0 Å². The fraction of sp³-hybridized carbons (Fsp3) is 0.800. The fourth-order valence-electron chi connectivity index (χ4n) is 3.13. The van der Waals surface area contributed by atoms with Crippen LogP contribution < -0.4 is 0 Å². The first-order valence-electron chi connectivity index (χ1n) is 4.94. The minimum Gasteiger partial charge on any atom is -0.411 e. The summed E-state index contributed by atoms with van der Waals surface area (Å²) in [5.41, 5.74) is 1.02. The summed E-state index contributed by atoms with van der Waals surface area (Å²) in [7, 11) is 0. The van der Waals surface area contributed by atoms with Crippen LogP contribution in [0.2, 0.25) is 0 Å². The van der Waals surface area contributed by atoms with Crippen LogP contribution in [-0.2, 0) is 0 Å². The maximum atomic E-state index is 8.98. The summed E-state index contributed by atoms with van der Waals surface area (Å²) in [6.45, 7) is 6.38. The molecule has 0 aromatic carbocycles. The van der Waals surface area contributed by atoms with Gasteiger partial charge in [-0.15, -0.1) is 0 Å². The zero-order chi connectivity index (χ0) is 10.6. The molecule has 2 bridgehead atoms. The van der Waals surface area contributed by atoms with Crippen LogP contribution in [0.3, 0.4) is 0 Å². The molecule has 0 aromatic heterocycles. The van der Waals surface area contributed by atoms with Gasteiger partial charge in [0.2, 0.25) is 0 Å². The van der Waals surface area contributed by atoms with E-state index in [0.29, 0.717) is 11.4 Å². The Morgan fingerprint density at radius 1 is 1.21 bits per heavy atom. The minimum atomic E-state index is -0.145. The summed E-state index contributed by atoms with van der Waals surface area (Å²) >= 11 is 0.